The molecule has 3 aromatic rings. The van der Waals surface area contributed by atoms with Crippen LogP contribution in [-0.4, -0.2) is 26.5 Å². The minimum atomic E-state index is -0.419. The molecule has 1 aliphatic rings. The van der Waals surface area contributed by atoms with E-state index < -0.39 is 4.92 Å². The Hall–Kier alpha value is -2.82. The van der Waals surface area contributed by atoms with Gasteiger partial charge in [-0.3, -0.25) is 10.1 Å². The number of nitro benzene ring substituents is 1. The molecular weight excluding hydrogens is 432 g/mol. The van der Waals surface area contributed by atoms with E-state index in [-0.39, 0.29) is 25.7 Å². The summed E-state index contributed by atoms with van der Waals surface area (Å²) in [6.45, 7) is 0.655. The summed E-state index contributed by atoms with van der Waals surface area (Å²) in [6.07, 6.45) is 0. The highest BCUT2D eigenvalue weighted by molar-refractivity contribution is 7.98. The zero-order valence-electron chi connectivity index (χ0n) is 15.9. The van der Waals surface area contributed by atoms with Crippen molar-refractivity contribution in [3.05, 3.63) is 68.5 Å². The van der Waals surface area contributed by atoms with E-state index in [1.165, 1.54) is 23.9 Å². The van der Waals surface area contributed by atoms with Crippen molar-refractivity contribution in [3.8, 4) is 11.5 Å². The maximum atomic E-state index is 11.2. The predicted molar refractivity (Wildman–Crippen MR) is 110 cm³/mol. The number of benzene rings is 2. The molecule has 11 heteroatoms. The molecule has 0 amide bonds. The van der Waals surface area contributed by atoms with Crippen LogP contribution in [0.3, 0.4) is 0 Å². The summed E-state index contributed by atoms with van der Waals surface area (Å²) >= 11 is 7.29. The van der Waals surface area contributed by atoms with Gasteiger partial charge in [-0.2, -0.15) is 0 Å². The molecule has 9 nitrogen and oxygen atoms in total. The molecule has 0 bridgehead atoms. The van der Waals surface area contributed by atoms with Crippen molar-refractivity contribution < 1.29 is 19.1 Å². The molecule has 0 fully saturated rings. The third kappa shape index (κ3) is 4.50. The number of hydrogen-bond donors (Lipinski definition) is 0. The molecule has 1 aromatic heterocycles. The Kier molecular flexibility index (Phi) is 6.07. The van der Waals surface area contributed by atoms with Gasteiger partial charge in [-0.05, 0) is 24.3 Å². The number of ether oxygens (including phenoxy) is 3. The van der Waals surface area contributed by atoms with Crippen LogP contribution < -0.4 is 9.47 Å². The smallest absolute Gasteiger partial charge is 0.270 e. The summed E-state index contributed by atoms with van der Waals surface area (Å²) in [6, 6.07) is 10.1. The average molecular weight is 449 g/mol. The minimum absolute atomic E-state index is 0.00784. The van der Waals surface area contributed by atoms with Gasteiger partial charge in [0.25, 0.3) is 5.69 Å². The molecule has 2 heterocycles. The molecule has 0 atom stereocenters. The lowest BCUT2D eigenvalue weighted by Crippen LogP contribution is -2.13. The van der Waals surface area contributed by atoms with Crippen molar-refractivity contribution in [2.75, 3.05) is 6.79 Å². The van der Waals surface area contributed by atoms with Gasteiger partial charge >= 0.3 is 0 Å². The molecule has 0 aliphatic carbocycles. The number of hydrogen-bond acceptors (Lipinski definition) is 8. The maximum Gasteiger partial charge on any atom is 0.270 e. The van der Waals surface area contributed by atoms with Crippen LogP contribution >= 0.6 is 23.4 Å². The van der Waals surface area contributed by atoms with E-state index in [9.17, 15) is 10.1 Å². The van der Waals surface area contributed by atoms with E-state index in [2.05, 4.69) is 10.2 Å². The zero-order valence-corrected chi connectivity index (χ0v) is 17.5. The Morgan fingerprint density at radius 2 is 2.10 bits per heavy atom. The highest BCUT2D eigenvalue weighted by atomic mass is 35.5. The minimum Gasteiger partial charge on any atom is -0.486 e. The fraction of sp³-hybridized carbons (Fsp3) is 0.263. The van der Waals surface area contributed by atoms with Crippen molar-refractivity contribution in [1.82, 2.24) is 14.8 Å². The van der Waals surface area contributed by atoms with E-state index in [0.29, 0.717) is 38.8 Å². The third-order valence-corrected chi connectivity index (χ3v) is 5.77. The molecule has 0 spiro atoms. The van der Waals surface area contributed by atoms with Crippen molar-refractivity contribution >= 4 is 29.1 Å². The first-order chi connectivity index (χ1) is 14.5. The SMILES string of the molecule is Cn1c(COc2ccc(Cl)cc2)nnc1SCc1cc([N+](=O)[O-])cc2c1OCOC2. The number of fused-ring (bicyclic) bond motifs is 1. The highest BCUT2D eigenvalue weighted by Gasteiger charge is 2.21. The molecule has 156 valence electrons. The Balaban J connectivity index is 1.46. The van der Waals surface area contributed by atoms with Crippen molar-refractivity contribution in [3.63, 3.8) is 0 Å². The molecular formula is C19H17ClN4O5S. The lowest BCUT2D eigenvalue weighted by Gasteiger charge is -2.20. The van der Waals surface area contributed by atoms with Gasteiger partial charge in [-0.25, -0.2) is 0 Å². The molecule has 30 heavy (non-hydrogen) atoms. The van der Waals surface area contributed by atoms with E-state index in [1.807, 2.05) is 11.6 Å². The Morgan fingerprint density at radius 1 is 1.30 bits per heavy atom. The number of halogens is 1. The number of nitrogens with zero attached hydrogens (tertiary/aromatic N) is 4. The first-order valence-corrected chi connectivity index (χ1v) is 10.3. The van der Waals surface area contributed by atoms with E-state index >= 15 is 0 Å². The van der Waals surface area contributed by atoms with Crippen LogP contribution in [-0.2, 0) is 30.8 Å². The monoisotopic (exact) mass is 448 g/mol. The van der Waals surface area contributed by atoms with Crippen LogP contribution in [0, 0.1) is 10.1 Å². The van der Waals surface area contributed by atoms with Crippen LogP contribution in [0.25, 0.3) is 0 Å². The predicted octanol–water partition coefficient (Wildman–Crippen LogP) is 4.11. The lowest BCUT2D eigenvalue weighted by molar-refractivity contribution is -0.385. The summed E-state index contributed by atoms with van der Waals surface area (Å²) in [5.74, 6) is 2.40. The van der Waals surface area contributed by atoms with Crippen LogP contribution in [0.2, 0.25) is 5.02 Å². The summed E-state index contributed by atoms with van der Waals surface area (Å²) in [5.41, 5.74) is 1.39. The Labute approximate surface area is 181 Å². The fourth-order valence-electron chi connectivity index (χ4n) is 2.91. The normalized spacial score (nSPS) is 12.9. The Morgan fingerprint density at radius 3 is 2.87 bits per heavy atom. The molecule has 1 aliphatic heterocycles. The zero-order chi connectivity index (χ0) is 21.1. The molecule has 0 radical (unpaired) electrons. The van der Waals surface area contributed by atoms with E-state index in [1.54, 1.807) is 24.3 Å². The second-order valence-corrected chi connectivity index (χ2v) is 7.83. The van der Waals surface area contributed by atoms with Gasteiger partial charge in [0.05, 0.1) is 11.5 Å². The number of non-ortho nitro benzene ring substituents is 1. The van der Waals surface area contributed by atoms with Gasteiger partial charge in [0.2, 0.25) is 0 Å². The standard InChI is InChI=1S/C19H17ClN4O5S/c1-23-17(9-28-16-4-2-14(20)3-5-16)21-22-19(23)30-10-13-7-15(24(25)26)6-12-8-27-11-29-18(12)13/h2-7H,8-11H2,1H3. The van der Waals surface area contributed by atoms with Crippen LogP contribution in [0.5, 0.6) is 11.5 Å². The first kappa shape index (κ1) is 20.5. The average Bonchev–Trinajstić information content (AvgIpc) is 3.10. The largest absolute Gasteiger partial charge is 0.486 e. The van der Waals surface area contributed by atoms with Gasteiger partial charge in [-0.15, -0.1) is 10.2 Å². The molecule has 4 rings (SSSR count). The number of rotatable bonds is 7. The van der Waals surface area contributed by atoms with Crippen LogP contribution in [0.4, 0.5) is 5.69 Å². The Bertz CT molecular complexity index is 1070. The summed E-state index contributed by atoms with van der Waals surface area (Å²) < 4.78 is 18.4. The van der Waals surface area contributed by atoms with E-state index in [0.717, 1.165) is 5.56 Å². The number of thioether (sulfide) groups is 1. The highest BCUT2D eigenvalue weighted by Crippen LogP contribution is 2.36. The van der Waals surface area contributed by atoms with Crippen molar-refractivity contribution in [2.24, 2.45) is 7.05 Å². The number of nitro groups is 1. The van der Waals surface area contributed by atoms with Gasteiger partial charge in [0.1, 0.15) is 18.1 Å². The molecule has 0 saturated heterocycles. The summed E-state index contributed by atoms with van der Waals surface area (Å²) in [5, 5.41) is 20.9. The molecule has 0 N–H and O–H groups in total. The second-order valence-electron chi connectivity index (χ2n) is 6.45. The topological polar surface area (TPSA) is 102 Å². The van der Waals surface area contributed by atoms with Crippen molar-refractivity contribution in [1.29, 1.82) is 0 Å². The van der Waals surface area contributed by atoms with Gasteiger partial charge in [-0.1, -0.05) is 23.4 Å². The van der Waals surface area contributed by atoms with Crippen LogP contribution in [0.15, 0.2) is 41.6 Å². The lowest BCUT2D eigenvalue weighted by atomic mass is 10.1. The molecule has 2 aromatic carbocycles. The summed E-state index contributed by atoms with van der Waals surface area (Å²) in [4.78, 5) is 10.8. The maximum absolute atomic E-state index is 11.2. The van der Waals surface area contributed by atoms with Crippen LogP contribution in [0.1, 0.15) is 17.0 Å². The number of aromatic nitrogens is 3. The quantitative estimate of drug-likeness (QED) is 0.302. The second kappa shape index (κ2) is 8.90. The summed E-state index contributed by atoms with van der Waals surface area (Å²) in [7, 11) is 1.84. The molecule has 0 saturated carbocycles. The van der Waals surface area contributed by atoms with Gasteiger partial charge in [0, 0.05) is 41.1 Å². The van der Waals surface area contributed by atoms with Gasteiger partial charge in [0.15, 0.2) is 17.8 Å². The van der Waals surface area contributed by atoms with Crippen molar-refractivity contribution in [2.45, 2.75) is 24.1 Å². The first-order valence-electron chi connectivity index (χ1n) is 8.91. The molecule has 0 unspecified atom stereocenters. The van der Waals surface area contributed by atoms with Gasteiger partial charge < -0.3 is 18.8 Å². The van der Waals surface area contributed by atoms with E-state index in [4.69, 9.17) is 25.8 Å². The fourth-order valence-corrected chi connectivity index (χ4v) is 3.93. The third-order valence-electron chi connectivity index (χ3n) is 4.45.